The SMILES string of the molecule is C[C@H]1C(=O)C2(CC2)C(=O)N1c1ccc(C#N)c(C(F)(F)F)c1. The predicted octanol–water partition coefficient (Wildman–Crippen LogP) is 2.66. The number of nitrogens with zero attached hydrogens (tertiary/aromatic N) is 2. The Labute approximate surface area is 124 Å². The Bertz CT molecular complexity index is 729. The van der Waals surface area contributed by atoms with Crippen molar-refractivity contribution < 1.29 is 22.8 Å². The van der Waals surface area contributed by atoms with E-state index >= 15 is 0 Å². The van der Waals surface area contributed by atoms with E-state index in [4.69, 9.17) is 5.26 Å². The summed E-state index contributed by atoms with van der Waals surface area (Å²) >= 11 is 0. The molecule has 1 aromatic rings. The van der Waals surface area contributed by atoms with E-state index in [0.717, 1.165) is 17.0 Å². The minimum Gasteiger partial charge on any atom is -0.301 e. The molecule has 0 radical (unpaired) electrons. The first kappa shape index (κ1) is 14.6. The molecule has 1 aliphatic heterocycles. The number of ketones is 1. The molecule has 3 rings (SSSR count). The van der Waals surface area contributed by atoms with Crippen molar-refractivity contribution in [3.05, 3.63) is 29.3 Å². The van der Waals surface area contributed by atoms with E-state index in [9.17, 15) is 22.8 Å². The first-order valence-corrected chi connectivity index (χ1v) is 6.72. The molecule has 114 valence electrons. The molecule has 0 aromatic heterocycles. The number of hydrogen-bond donors (Lipinski definition) is 0. The molecule has 1 aliphatic carbocycles. The highest BCUT2D eigenvalue weighted by Gasteiger charge is 2.65. The summed E-state index contributed by atoms with van der Waals surface area (Å²) in [5.74, 6) is -0.682. The van der Waals surface area contributed by atoms with Crippen molar-refractivity contribution in [3.63, 3.8) is 0 Å². The lowest BCUT2D eigenvalue weighted by atomic mass is 10.0. The van der Waals surface area contributed by atoms with Crippen LogP contribution in [0.25, 0.3) is 0 Å². The third kappa shape index (κ3) is 1.83. The molecule has 1 atom stereocenters. The van der Waals surface area contributed by atoms with Gasteiger partial charge in [0.05, 0.1) is 23.2 Å². The molecule has 1 heterocycles. The van der Waals surface area contributed by atoms with Gasteiger partial charge in [0.1, 0.15) is 5.41 Å². The van der Waals surface area contributed by atoms with Gasteiger partial charge in [-0.3, -0.25) is 9.59 Å². The Kier molecular flexibility index (Phi) is 2.86. The molecule has 0 N–H and O–H groups in total. The monoisotopic (exact) mass is 308 g/mol. The fraction of sp³-hybridized carbons (Fsp3) is 0.400. The van der Waals surface area contributed by atoms with Crippen LogP contribution in [0.2, 0.25) is 0 Å². The molecule has 1 saturated heterocycles. The highest BCUT2D eigenvalue weighted by atomic mass is 19.4. The van der Waals surface area contributed by atoms with E-state index < -0.39 is 34.7 Å². The van der Waals surface area contributed by atoms with Crippen molar-refractivity contribution in [2.75, 3.05) is 4.90 Å². The van der Waals surface area contributed by atoms with Crippen molar-refractivity contribution in [2.45, 2.75) is 32.0 Å². The summed E-state index contributed by atoms with van der Waals surface area (Å²) in [6, 6.07) is 3.77. The molecule has 2 aliphatic rings. The standard InChI is InChI=1S/C15H11F3N2O2/c1-8-12(21)14(4-5-14)13(22)20(8)10-3-2-9(7-19)11(6-10)15(16,17)18/h2-3,6,8H,4-5H2,1H3/t8-/m0/s1. The molecule has 0 unspecified atom stereocenters. The molecule has 22 heavy (non-hydrogen) atoms. The quantitative estimate of drug-likeness (QED) is 0.749. The second-order valence-electron chi connectivity index (χ2n) is 5.64. The molecule has 1 amide bonds. The van der Waals surface area contributed by atoms with Crippen LogP contribution in [-0.2, 0) is 15.8 Å². The number of alkyl halides is 3. The van der Waals surface area contributed by atoms with Crippen LogP contribution < -0.4 is 4.90 Å². The Morgan fingerprint density at radius 3 is 2.41 bits per heavy atom. The number of carbonyl (C=O) groups excluding carboxylic acids is 2. The number of hydrogen-bond acceptors (Lipinski definition) is 3. The third-order valence-electron chi connectivity index (χ3n) is 4.32. The topological polar surface area (TPSA) is 61.2 Å². The minimum absolute atomic E-state index is 0.000880. The Morgan fingerprint density at radius 1 is 1.32 bits per heavy atom. The predicted molar refractivity (Wildman–Crippen MR) is 69.8 cm³/mol. The van der Waals surface area contributed by atoms with Gasteiger partial charge in [-0.1, -0.05) is 0 Å². The smallest absolute Gasteiger partial charge is 0.301 e. The second-order valence-corrected chi connectivity index (χ2v) is 5.64. The number of amides is 1. The van der Waals surface area contributed by atoms with Gasteiger partial charge < -0.3 is 4.90 Å². The Balaban J connectivity index is 2.09. The van der Waals surface area contributed by atoms with Gasteiger partial charge in [-0.25, -0.2) is 0 Å². The fourth-order valence-corrected chi connectivity index (χ4v) is 2.97. The average molecular weight is 308 g/mol. The van der Waals surface area contributed by atoms with Crippen LogP contribution >= 0.6 is 0 Å². The minimum atomic E-state index is -4.70. The van der Waals surface area contributed by atoms with Gasteiger partial charge in [-0.2, -0.15) is 18.4 Å². The second kappa shape index (κ2) is 4.32. The van der Waals surface area contributed by atoms with Crippen LogP contribution in [0.1, 0.15) is 30.9 Å². The molecule has 1 spiro atoms. The zero-order valence-corrected chi connectivity index (χ0v) is 11.6. The maximum absolute atomic E-state index is 13.0. The van der Waals surface area contributed by atoms with Crippen molar-refractivity contribution >= 4 is 17.4 Å². The summed E-state index contributed by atoms with van der Waals surface area (Å²) in [5.41, 5.74) is -2.63. The van der Waals surface area contributed by atoms with Gasteiger partial charge in [0.15, 0.2) is 5.78 Å². The van der Waals surface area contributed by atoms with Crippen molar-refractivity contribution in [2.24, 2.45) is 5.41 Å². The fourth-order valence-electron chi connectivity index (χ4n) is 2.97. The summed E-state index contributed by atoms with van der Waals surface area (Å²) in [7, 11) is 0. The van der Waals surface area contributed by atoms with Gasteiger partial charge in [-0.05, 0) is 38.0 Å². The van der Waals surface area contributed by atoms with E-state index in [2.05, 4.69) is 0 Å². The first-order chi connectivity index (χ1) is 10.2. The average Bonchev–Trinajstić information content (AvgIpc) is 3.24. The normalized spacial score (nSPS) is 23.0. The lowest BCUT2D eigenvalue weighted by Crippen LogP contribution is -2.33. The van der Waals surface area contributed by atoms with Gasteiger partial charge in [-0.15, -0.1) is 0 Å². The highest BCUT2D eigenvalue weighted by Crippen LogP contribution is 2.54. The summed E-state index contributed by atoms with van der Waals surface area (Å²) in [6.07, 6.45) is -3.80. The third-order valence-corrected chi connectivity index (χ3v) is 4.32. The summed E-state index contributed by atoms with van der Waals surface area (Å²) in [5, 5.41) is 8.79. The van der Waals surface area contributed by atoms with Crippen molar-refractivity contribution in [1.82, 2.24) is 0 Å². The molecule has 4 nitrogen and oxygen atoms in total. The number of carbonyl (C=O) groups is 2. The number of halogens is 3. The maximum atomic E-state index is 13.0. The zero-order valence-electron chi connectivity index (χ0n) is 11.6. The van der Waals surface area contributed by atoms with E-state index in [1.54, 1.807) is 0 Å². The number of benzene rings is 1. The zero-order chi connectivity index (χ0) is 16.3. The Hall–Kier alpha value is -2.36. The molecule has 0 bridgehead atoms. The van der Waals surface area contributed by atoms with Crippen LogP contribution in [0.5, 0.6) is 0 Å². The summed E-state index contributed by atoms with van der Waals surface area (Å²) in [4.78, 5) is 25.7. The van der Waals surface area contributed by atoms with E-state index in [1.807, 2.05) is 0 Å². The van der Waals surface area contributed by atoms with Crippen LogP contribution in [0.15, 0.2) is 18.2 Å². The summed E-state index contributed by atoms with van der Waals surface area (Å²) in [6.45, 7) is 1.51. The number of anilines is 1. The summed E-state index contributed by atoms with van der Waals surface area (Å²) < 4.78 is 39.0. The first-order valence-electron chi connectivity index (χ1n) is 6.72. The molecular weight excluding hydrogens is 297 g/mol. The van der Waals surface area contributed by atoms with E-state index in [1.165, 1.54) is 19.1 Å². The number of nitriles is 1. The van der Waals surface area contributed by atoms with Crippen LogP contribution in [0.3, 0.4) is 0 Å². The number of Topliss-reactive ketones (excluding diaryl/α,β-unsaturated/α-hetero) is 1. The molecule has 1 aromatic carbocycles. The van der Waals surface area contributed by atoms with Gasteiger partial charge in [0.25, 0.3) is 0 Å². The lowest BCUT2D eigenvalue weighted by Gasteiger charge is -2.22. The molecule has 7 heteroatoms. The van der Waals surface area contributed by atoms with Gasteiger partial charge in [0, 0.05) is 5.69 Å². The van der Waals surface area contributed by atoms with Crippen molar-refractivity contribution in [3.8, 4) is 6.07 Å². The van der Waals surface area contributed by atoms with Gasteiger partial charge in [0.2, 0.25) is 5.91 Å². The Morgan fingerprint density at radius 2 is 1.95 bits per heavy atom. The van der Waals surface area contributed by atoms with Gasteiger partial charge >= 0.3 is 6.18 Å². The van der Waals surface area contributed by atoms with E-state index in [0.29, 0.717) is 12.8 Å². The highest BCUT2D eigenvalue weighted by molar-refractivity contribution is 6.24. The maximum Gasteiger partial charge on any atom is 0.417 e. The lowest BCUT2D eigenvalue weighted by molar-refractivity contribution is -0.138. The molecular formula is C15H11F3N2O2. The van der Waals surface area contributed by atoms with Crippen LogP contribution in [-0.4, -0.2) is 17.7 Å². The van der Waals surface area contributed by atoms with Crippen LogP contribution in [0.4, 0.5) is 18.9 Å². The largest absolute Gasteiger partial charge is 0.417 e. The van der Waals surface area contributed by atoms with Crippen LogP contribution in [0, 0.1) is 16.7 Å². The van der Waals surface area contributed by atoms with E-state index in [-0.39, 0.29) is 11.5 Å². The van der Waals surface area contributed by atoms with Crippen molar-refractivity contribution in [1.29, 1.82) is 5.26 Å². The molecule has 2 fully saturated rings. The molecule has 1 saturated carbocycles. The number of rotatable bonds is 1.